The molecule has 0 aromatic rings. The summed E-state index contributed by atoms with van der Waals surface area (Å²) in [6.45, 7) is 9.07. The maximum atomic E-state index is 11.5. The van der Waals surface area contributed by atoms with E-state index in [9.17, 15) is 4.21 Å². The zero-order valence-electron chi connectivity index (χ0n) is 11.4. The molecule has 2 aliphatic rings. The molecule has 0 saturated carbocycles. The van der Waals surface area contributed by atoms with Crippen LogP contribution in [0.1, 0.15) is 40.0 Å². The molecule has 0 radical (unpaired) electrons. The van der Waals surface area contributed by atoms with Crippen LogP contribution in [-0.2, 0) is 10.8 Å². The van der Waals surface area contributed by atoms with Gasteiger partial charge in [-0.15, -0.1) is 0 Å². The maximum Gasteiger partial charge on any atom is 0.0253 e. The van der Waals surface area contributed by atoms with Gasteiger partial charge in [0.2, 0.25) is 0 Å². The summed E-state index contributed by atoms with van der Waals surface area (Å²) < 4.78 is 11.5. The lowest BCUT2D eigenvalue weighted by atomic mass is 9.94. The smallest absolute Gasteiger partial charge is 0.0253 e. The van der Waals surface area contributed by atoms with Gasteiger partial charge in [-0.3, -0.25) is 9.11 Å². The fourth-order valence-corrected chi connectivity index (χ4v) is 4.35. The average Bonchev–Trinajstić information content (AvgIpc) is 2.29. The second kappa shape index (κ2) is 5.37. The molecule has 100 valence electrons. The van der Waals surface area contributed by atoms with Crippen molar-refractivity contribution in [1.29, 1.82) is 0 Å². The molecule has 0 amide bonds. The van der Waals surface area contributed by atoms with E-state index in [2.05, 4.69) is 31.0 Å². The van der Waals surface area contributed by atoms with Crippen LogP contribution < -0.4 is 5.32 Å². The summed E-state index contributed by atoms with van der Waals surface area (Å²) in [6, 6.07) is 1.33. The van der Waals surface area contributed by atoms with Gasteiger partial charge in [-0.05, 0) is 33.1 Å². The van der Waals surface area contributed by atoms with Gasteiger partial charge in [0.25, 0.3) is 0 Å². The SMILES string of the molecule is CCC1CNC(C)(C)CN1C1CCS(=O)CC1. The van der Waals surface area contributed by atoms with Gasteiger partial charge < -0.3 is 5.32 Å². The minimum atomic E-state index is -0.540. The van der Waals surface area contributed by atoms with Crippen molar-refractivity contribution in [3.05, 3.63) is 0 Å². The molecule has 0 aliphatic carbocycles. The van der Waals surface area contributed by atoms with E-state index in [0.717, 1.165) is 37.4 Å². The van der Waals surface area contributed by atoms with E-state index < -0.39 is 10.8 Å². The van der Waals surface area contributed by atoms with Crippen molar-refractivity contribution in [3.8, 4) is 0 Å². The standard InChI is InChI=1S/C13H26N2OS/c1-4-11-9-14-13(2,3)10-15(11)12-5-7-17(16)8-6-12/h11-12,14H,4-10H2,1-3H3. The zero-order valence-corrected chi connectivity index (χ0v) is 12.2. The van der Waals surface area contributed by atoms with Gasteiger partial charge in [-0.25, -0.2) is 0 Å². The Labute approximate surface area is 108 Å². The van der Waals surface area contributed by atoms with Crippen LogP contribution in [0.4, 0.5) is 0 Å². The van der Waals surface area contributed by atoms with E-state index in [1.807, 2.05) is 0 Å². The third kappa shape index (κ3) is 3.30. The highest BCUT2D eigenvalue weighted by molar-refractivity contribution is 7.85. The minimum absolute atomic E-state index is 0.224. The molecule has 2 heterocycles. The summed E-state index contributed by atoms with van der Waals surface area (Å²) in [5.74, 6) is 1.82. The van der Waals surface area contributed by atoms with Crippen LogP contribution >= 0.6 is 0 Å². The number of hydrogen-bond acceptors (Lipinski definition) is 3. The highest BCUT2D eigenvalue weighted by Crippen LogP contribution is 2.25. The molecule has 0 aromatic carbocycles. The number of hydrogen-bond donors (Lipinski definition) is 1. The Morgan fingerprint density at radius 1 is 1.35 bits per heavy atom. The van der Waals surface area contributed by atoms with E-state index in [-0.39, 0.29) is 5.54 Å². The summed E-state index contributed by atoms with van der Waals surface area (Å²) in [7, 11) is -0.540. The van der Waals surface area contributed by atoms with E-state index in [4.69, 9.17) is 0 Å². The Bertz CT molecular complexity index is 283. The first-order chi connectivity index (χ1) is 8.02. The van der Waals surface area contributed by atoms with Crippen LogP contribution in [-0.4, -0.2) is 51.3 Å². The molecule has 0 aromatic heterocycles. The molecule has 3 nitrogen and oxygen atoms in total. The first-order valence-corrected chi connectivity index (χ1v) is 8.36. The third-order valence-corrected chi connectivity index (χ3v) is 5.54. The Morgan fingerprint density at radius 3 is 2.59 bits per heavy atom. The monoisotopic (exact) mass is 258 g/mol. The molecule has 2 rings (SSSR count). The summed E-state index contributed by atoms with van der Waals surface area (Å²) >= 11 is 0. The molecule has 0 spiro atoms. The highest BCUT2D eigenvalue weighted by Gasteiger charge is 2.36. The van der Waals surface area contributed by atoms with Gasteiger partial charge in [0.05, 0.1) is 0 Å². The van der Waals surface area contributed by atoms with Crippen molar-refractivity contribution in [2.75, 3.05) is 24.6 Å². The number of nitrogens with zero attached hydrogens (tertiary/aromatic N) is 1. The summed E-state index contributed by atoms with van der Waals surface area (Å²) in [5.41, 5.74) is 0.224. The Hall–Kier alpha value is 0.0700. The molecule has 2 aliphatic heterocycles. The van der Waals surface area contributed by atoms with Crippen LogP contribution in [0.25, 0.3) is 0 Å². The van der Waals surface area contributed by atoms with Crippen molar-refractivity contribution in [3.63, 3.8) is 0 Å². The fraction of sp³-hybridized carbons (Fsp3) is 1.00. The normalized spacial score (nSPS) is 39.1. The zero-order chi connectivity index (χ0) is 12.5. The molecule has 2 saturated heterocycles. The maximum absolute atomic E-state index is 11.5. The lowest BCUT2D eigenvalue weighted by Gasteiger charge is -2.48. The Kier molecular flexibility index (Phi) is 4.26. The number of nitrogens with one attached hydrogen (secondary N) is 1. The quantitative estimate of drug-likeness (QED) is 0.812. The lowest BCUT2D eigenvalue weighted by molar-refractivity contribution is 0.0479. The molecule has 2 fully saturated rings. The predicted octanol–water partition coefficient (Wildman–Crippen LogP) is 1.36. The molecular weight excluding hydrogens is 232 g/mol. The second-order valence-corrected chi connectivity index (χ2v) is 7.77. The van der Waals surface area contributed by atoms with E-state index in [1.54, 1.807) is 0 Å². The van der Waals surface area contributed by atoms with Crippen molar-refractivity contribution in [2.24, 2.45) is 0 Å². The van der Waals surface area contributed by atoms with E-state index in [1.165, 1.54) is 6.42 Å². The third-order valence-electron chi connectivity index (χ3n) is 4.16. The molecule has 1 atom stereocenters. The largest absolute Gasteiger partial charge is 0.309 e. The van der Waals surface area contributed by atoms with Crippen LogP contribution in [0.5, 0.6) is 0 Å². The molecule has 1 N–H and O–H groups in total. The first-order valence-electron chi connectivity index (χ1n) is 6.87. The van der Waals surface area contributed by atoms with E-state index in [0.29, 0.717) is 12.1 Å². The van der Waals surface area contributed by atoms with Crippen LogP contribution in [0, 0.1) is 0 Å². The Balaban J connectivity index is 2.02. The van der Waals surface area contributed by atoms with Gasteiger partial charge in [0, 0.05) is 53.0 Å². The molecule has 17 heavy (non-hydrogen) atoms. The molecule has 4 heteroatoms. The fourth-order valence-electron chi connectivity index (χ4n) is 3.07. The topological polar surface area (TPSA) is 32.3 Å². The summed E-state index contributed by atoms with van der Waals surface area (Å²) in [4.78, 5) is 2.69. The highest BCUT2D eigenvalue weighted by atomic mass is 32.2. The van der Waals surface area contributed by atoms with Crippen molar-refractivity contribution >= 4 is 10.8 Å². The average molecular weight is 258 g/mol. The van der Waals surface area contributed by atoms with Gasteiger partial charge in [0.15, 0.2) is 0 Å². The number of piperazine rings is 1. The van der Waals surface area contributed by atoms with Crippen LogP contribution in [0.15, 0.2) is 0 Å². The van der Waals surface area contributed by atoms with Crippen molar-refractivity contribution < 1.29 is 4.21 Å². The number of rotatable bonds is 2. The van der Waals surface area contributed by atoms with Gasteiger partial charge in [-0.2, -0.15) is 0 Å². The molecular formula is C13H26N2OS. The van der Waals surface area contributed by atoms with Crippen molar-refractivity contribution in [1.82, 2.24) is 10.2 Å². The van der Waals surface area contributed by atoms with Crippen LogP contribution in [0.3, 0.4) is 0 Å². The van der Waals surface area contributed by atoms with Gasteiger partial charge in [-0.1, -0.05) is 6.92 Å². The predicted molar refractivity (Wildman–Crippen MR) is 73.8 cm³/mol. The van der Waals surface area contributed by atoms with E-state index >= 15 is 0 Å². The summed E-state index contributed by atoms with van der Waals surface area (Å²) in [5, 5.41) is 3.64. The first kappa shape index (κ1) is 13.5. The lowest BCUT2D eigenvalue weighted by Crippen LogP contribution is -2.64. The van der Waals surface area contributed by atoms with Gasteiger partial charge in [0.1, 0.15) is 0 Å². The molecule has 1 unspecified atom stereocenters. The second-order valence-electron chi connectivity index (χ2n) is 6.08. The molecule has 0 bridgehead atoms. The van der Waals surface area contributed by atoms with Gasteiger partial charge >= 0.3 is 0 Å². The Morgan fingerprint density at radius 2 is 2.00 bits per heavy atom. The minimum Gasteiger partial charge on any atom is -0.309 e. The summed E-state index contributed by atoms with van der Waals surface area (Å²) in [6.07, 6.45) is 3.46. The van der Waals surface area contributed by atoms with Crippen molar-refractivity contribution in [2.45, 2.75) is 57.7 Å². The van der Waals surface area contributed by atoms with Crippen LogP contribution in [0.2, 0.25) is 0 Å².